The zero-order valence-corrected chi connectivity index (χ0v) is 21.0. The number of fused-ring (bicyclic) bond motifs is 1. The first-order valence-corrected chi connectivity index (χ1v) is 9.97. The normalized spacial score (nSPS) is 10.0. The Hall–Kier alpha value is -2.23. The van der Waals surface area contributed by atoms with Crippen LogP contribution >= 0.6 is 48.8 Å². The van der Waals surface area contributed by atoms with E-state index < -0.39 is 5.09 Å². The number of aromatic nitrogens is 1. The van der Waals surface area contributed by atoms with Crippen LogP contribution in [0.2, 0.25) is 5.02 Å². The van der Waals surface area contributed by atoms with E-state index in [1.54, 1.807) is 12.3 Å². The number of anilines is 2. The lowest BCUT2D eigenvalue weighted by Gasteiger charge is -2.21. The third-order valence-electron chi connectivity index (χ3n) is 4.72. The highest BCUT2D eigenvalue weighted by Gasteiger charge is 2.10. The molecule has 0 bridgehead atoms. The van der Waals surface area contributed by atoms with E-state index in [0.717, 1.165) is 34.4 Å². The Morgan fingerprint density at radius 1 is 1.18 bits per heavy atom. The van der Waals surface area contributed by atoms with Gasteiger partial charge in [0.05, 0.1) is 12.1 Å². The van der Waals surface area contributed by atoms with Gasteiger partial charge in [0.15, 0.2) is 0 Å². The number of phenolic OH excluding ortho intramolecular Hbond substituents is 1. The number of aromatic hydroxyl groups is 1. The zero-order valence-electron chi connectivity index (χ0n) is 17.8. The highest BCUT2D eigenvalue weighted by atomic mass is 35.5. The van der Waals surface area contributed by atoms with Gasteiger partial charge in [0.1, 0.15) is 5.75 Å². The summed E-state index contributed by atoms with van der Waals surface area (Å²) in [4.78, 5) is 21.1. The number of nitrogens with one attached hydrogen (secondary N) is 1. The van der Waals surface area contributed by atoms with Gasteiger partial charge in [0.25, 0.3) is 5.09 Å². The molecule has 3 aromatic rings. The van der Waals surface area contributed by atoms with Gasteiger partial charge in [-0.1, -0.05) is 18.5 Å². The van der Waals surface area contributed by atoms with Crippen molar-refractivity contribution in [2.75, 3.05) is 25.0 Å². The number of halogens is 4. The highest BCUT2D eigenvalue weighted by Crippen LogP contribution is 2.29. The molecule has 0 unspecified atom stereocenters. The number of nitrogens with zero attached hydrogens (tertiary/aromatic N) is 3. The first kappa shape index (κ1) is 30.8. The molecule has 3 rings (SSSR count). The van der Waals surface area contributed by atoms with Crippen molar-refractivity contribution in [2.24, 2.45) is 0 Å². The van der Waals surface area contributed by atoms with Gasteiger partial charge in [0.2, 0.25) is 0 Å². The SMILES string of the molecule is CCN(CCCO[N+](=O)[O-])Cc1cc(Nc2ccnc3cc(Cl)ccc23)ccc1O.Cl.Cl.Cl. The summed E-state index contributed by atoms with van der Waals surface area (Å²) in [7, 11) is 0. The molecule has 33 heavy (non-hydrogen) atoms. The lowest BCUT2D eigenvalue weighted by Crippen LogP contribution is -2.25. The maximum Gasteiger partial charge on any atom is 0.294 e. The minimum atomic E-state index is -0.784. The first-order chi connectivity index (χ1) is 14.5. The predicted molar refractivity (Wildman–Crippen MR) is 138 cm³/mol. The van der Waals surface area contributed by atoms with Gasteiger partial charge in [-0.05, 0) is 55.4 Å². The number of hydrogen-bond donors (Lipinski definition) is 2. The van der Waals surface area contributed by atoms with Crippen LogP contribution < -0.4 is 5.32 Å². The van der Waals surface area contributed by atoms with Crippen LogP contribution in [0.5, 0.6) is 5.75 Å². The molecule has 0 saturated heterocycles. The topological polar surface area (TPSA) is 101 Å². The molecule has 0 atom stereocenters. The van der Waals surface area contributed by atoms with Crippen LogP contribution in [0, 0.1) is 10.1 Å². The fraction of sp³-hybridized carbons (Fsp3) is 0.286. The van der Waals surface area contributed by atoms with E-state index in [1.165, 1.54) is 0 Å². The van der Waals surface area contributed by atoms with Gasteiger partial charge < -0.3 is 15.3 Å². The van der Waals surface area contributed by atoms with E-state index >= 15 is 0 Å². The van der Waals surface area contributed by atoms with Crippen LogP contribution in [0.1, 0.15) is 18.9 Å². The fourth-order valence-corrected chi connectivity index (χ4v) is 3.36. The van der Waals surface area contributed by atoms with Crippen molar-refractivity contribution in [1.29, 1.82) is 0 Å². The molecule has 0 radical (unpaired) electrons. The van der Waals surface area contributed by atoms with E-state index in [9.17, 15) is 15.2 Å². The van der Waals surface area contributed by atoms with Crippen molar-refractivity contribution in [2.45, 2.75) is 19.9 Å². The van der Waals surface area contributed by atoms with Gasteiger partial charge in [-0.3, -0.25) is 9.88 Å². The summed E-state index contributed by atoms with van der Waals surface area (Å²) in [6, 6.07) is 12.8. The molecular weight excluding hydrogens is 514 g/mol. The quantitative estimate of drug-likeness (QED) is 0.140. The van der Waals surface area contributed by atoms with E-state index in [0.29, 0.717) is 24.5 Å². The number of hydrogen-bond acceptors (Lipinski definition) is 7. The lowest BCUT2D eigenvalue weighted by atomic mass is 10.1. The van der Waals surface area contributed by atoms with E-state index in [2.05, 4.69) is 20.0 Å². The molecule has 2 N–H and O–H groups in total. The minimum absolute atomic E-state index is 0. The molecule has 0 amide bonds. The molecule has 0 aliphatic heterocycles. The summed E-state index contributed by atoms with van der Waals surface area (Å²) in [5.74, 6) is 0.201. The standard InChI is InChI=1S/C21H23ClN4O4.3ClH/c1-2-25(10-3-11-30-26(28)29)14-15-12-17(5-7-21(15)27)24-19-8-9-23-20-13-16(22)4-6-18(19)20;;;/h4-9,12-13,27H,2-3,10-11,14H2,1H3,(H,23,24);3*1H. The van der Waals surface area contributed by atoms with Crippen molar-refractivity contribution in [3.63, 3.8) is 0 Å². The average Bonchev–Trinajstić information content (AvgIpc) is 2.72. The maximum atomic E-state index is 10.3. The summed E-state index contributed by atoms with van der Waals surface area (Å²) in [5, 5.41) is 24.7. The molecule has 182 valence electrons. The predicted octanol–water partition coefficient (Wildman–Crippen LogP) is 6.02. The Labute approximate surface area is 215 Å². The highest BCUT2D eigenvalue weighted by molar-refractivity contribution is 6.31. The van der Waals surface area contributed by atoms with Crippen molar-refractivity contribution in [1.82, 2.24) is 9.88 Å². The number of benzene rings is 2. The van der Waals surface area contributed by atoms with Crippen molar-refractivity contribution >= 4 is 71.1 Å². The molecule has 2 aromatic carbocycles. The molecule has 8 nitrogen and oxygen atoms in total. The Kier molecular flexibility index (Phi) is 13.8. The minimum Gasteiger partial charge on any atom is -0.508 e. The van der Waals surface area contributed by atoms with Crippen LogP contribution in [0.25, 0.3) is 10.9 Å². The monoisotopic (exact) mass is 538 g/mol. The van der Waals surface area contributed by atoms with Gasteiger partial charge >= 0.3 is 0 Å². The maximum absolute atomic E-state index is 10.3. The Morgan fingerprint density at radius 2 is 1.94 bits per heavy atom. The second-order valence-electron chi connectivity index (χ2n) is 6.77. The van der Waals surface area contributed by atoms with Gasteiger partial charge in [0, 0.05) is 46.6 Å². The van der Waals surface area contributed by atoms with E-state index in [-0.39, 0.29) is 49.6 Å². The van der Waals surface area contributed by atoms with Gasteiger partial charge in [-0.15, -0.1) is 47.3 Å². The molecule has 0 aliphatic rings. The van der Waals surface area contributed by atoms with Crippen molar-refractivity contribution in [3.05, 3.63) is 69.4 Å². The van der Waals surface area contributed by atoms with Crippen molar-refractivity contribution in [3.8, 4) is 5.75 Å². The lowest BCUT2D eigenvalue weighted by molar-refractivity contribution is -0.757. The summed E-state index contributed by atoms with van der Waals surface area (Å²) >= 11 is 6.06. The first-order valence-electron chi connectivity index (χ1n) is 9.59. The smallest absolute Gasteiger partial charge is 0.294 e. The van der Waals surface area contributed by atoms with Crippen LogP contribution in [0.15, 0.2) is 48.7 Å². The molecular formula is C21H26Cl4N4O4. The molecule has 0 fully saturated rings. The summed E-state index contributed by atoms with van der Waals surface area (Å²) in [5.41, 5.74) is 3.27. The third-order valence-corrected chi connectivity index (χ3v) is 4.95. The number of phenols is 1. The second-order valence-corrected chi connectivity index (χ2v) is 7.20. The van der Waals surface area contributed by atoms with Crippen LogP contribution in [0.4, 0.5) is 11.4 Å². The Balaban J connectivity index is 0.00000341. The average molecular weight is 540 g/mol. The van der Waals surface area contributed by atoms with Gasteiger partial charge in [-0.2, -0.15) is 0 Å². The largest absolute Gasteiger partial charge is 0.508 e. The van der Waals surface area contributed by atoms with Crippen LogP contribution in [-0.2, 0) is 11.4 Å². The molecule has 0 aliphatic carbocycles. The molecule has 0 spiro atoms. The molecule has 0 saturated carbocycles. The summed E-state index contributed by atoms with van der Waals surface area (Å²) < 4.78 is 0. The Bertz CT molecular complexity index is 1040. The molecule has 1 aromatic heterocycles. The number of pyridine rings is 1. The summed E-state index contributed by atoms with van der Waals surface area (Å²) in [6.07, 6.45) is 2.24. The van der Waals surface area contributed by atoms with E-state index in [1.807, 2.05) is 43.3 Å². The molecule has 1 heterocycles. The zero-order chi connectivity index (χ0) is 21.5. The van der Waals surface area contributed by atoms with E-state index in [4.69, 9.17) is 11.6 Å². The van der Waals surface area contributed by atoms with Crippen molar-refractivity contribution < 1.29 is 15.0 Å². The van der Waals surface area contributed by atoms with Crippen LogP contribution in [0.3, 0.4) is 0 Å². The fourth-order valence-electron chi connectivity index (χ4n) is 3.19. The Morgan fingerprint density at radius 3 is 2.64 bits per heavy atom. The van der Waals surface area contributed by atoms with Crippen LogP contribution in [-0.4, -0.2) is 39.8 Å². The molecule has 12 heteroatoms. The van der Waals surface area contributed by atoms with Gasteiger partial charge in [-0.25, -0.2) is 0 Å². The third kappa shape index (κ3) is 8.91. The summed E-state index contributed by atoms with van der Waals surface area (Å²) in [6.45, 7) is 3.93. The second kappa shape index (κ2) is 14.8. The number of rotatable bonds is 10.